The summed E-state index contributed by atoms with van der Waals surface area (Å²) in [6.45, 7) is 1.54. The lowest BCUT2D eigenvalue weighted by molar-refractivity contribution is 0.0785. The highest BCUT2D eigenvalue weighted by Gasteiger charge is 2.28. The lowest BCUT2D eigenvalue weighted by Crippen LogP contribution is -2.28. The van der Waals surface area contributed by atoms with Crippen LogP contribution in [0.3, 0.4) is 0 Å². The SMILES string of the molecule is O=C(c1cc(-c2ccncc2)n[nH]1)N1CCC(c2ccccc2)C1. The third kappa shape index (κ3) is 2.80. The van der Waals surface area contributed by atoms with Crippen LogP contribution in [-0.4, -0.2) is 39.1 Å². The zero-order valence-electron chi connectivity index (χ0n) is 13.2. The Hall–Kier alpha value is -2.95. The van der Waals surface area contributed by atoms with E-state index in [9.17, 15) is 4.79 Å². The number of hydrogen-bond acceptors (Lipinski definition) is 3. The Labute approximate surface area is 140 Å². The molecule has 3 heterocycles. The van der Waals surface area contributed by atoms with Crippen LogP contribution >= 0.6 is 0 Å². The van der Waals surface area contributed by atoms with Crippen molar-refractivity contribution < 1.29 is 4.79 Å². The largest absolute Gasteiger partial charge is 0.337 e. The fourth-order valence-corrected chi connectivity index (χ4v) is 3.21. The van der Waals surface area contributed by atoms with E-state index in [-0.39, 0.29) is 5.91 Å². The molecular formula is C19H18N4O. The van der Waals surface area contributed by atoms with Gasteiger partial charge < -0.3 is 4.90 Å². The van der Waals surface area contributed by atoms with Crippen molar-refractivity contribution in [3.8, 4) is 11.3 Å². The van der Waals surface area contributed by atoms with Crippen molar-refractivity contribution in [2.24, 2.45) is 0 Å². The third-order valence-electron chi connectivity index (χ3n) is 4.53. The fourth-order valence-electron chi connectivity index (χ4n) is 3.21. The average Bonchev–Trinajstić information content (AvgIpc) is 3.33. The number of aromatic nitrogens is 3. The molecule has 1 aliphatic heterocycles. The van der Waals surface area contributed by atoms with Gasteiger partial charge in [-0.05, 0) is 30.2 Å². The smallest absolute Gasteiger partial charge is 0.271 e. The van der Waals surface area contributed by atoms with Gasteiger partial charge in [0.15, 0.2) is 0 Å². The van der Waals surface area contributed by atoms with Crippen molar-refractivity contribution in [3.63, 3.8) is 0 Å². The molecule has 5 heteroatoms. The zero-order valence-corrected chi connectivity index (χ0v) is 13.2. The predicted octanol–water partition coefficient (Wildman–Crippen LogP) is 3.10. The number of benzene rings is 1. The second kappa shape index (κ2) is 6.28. The van der Waals surface area contributed by atoms with Gasteiger partial charge in [0, 0.05) is 37.0 Å². The van der Waals surface area contributed by atoms with Crippen molar-refractivity contribution in [2.45, 2.75) is 12.3 Å². The maximum absolute atomic E-state index is 12.7. The highest BCUT2D eigenvalue weighted by Crippen LogP contribution is 2.28. The Morgan fingerprint density at radius 3 is 2.71 bits per heavy atom. The van der Waals surface area contributed by atoms with Crippen molar-refractivity contribution in [2.75, 3.05) is 13.1 Å². The maximum Gasteiger partial charge on any atom is 0.271 e. The summed E-state index contributed by atoms with van der Waals surface area (Å²) < 4.78 is 0. The van der Waals surface area contributed by atoms with E-state index in [2.05, 4.69) is 39.4 Å². The molecule has 120 valence electrons. The lowest BCUT2D eigenvalue weighted by atomic mass is 9.99. The van der Waals surface area contributed by atoms with Gasteiger partial charge in [0.25, 0.3) is 5.91 Å². The van der Waals surface area contributed by atoms with Gasteiger partial charge in [-0.25, -0.2) is 0 Å². The van der Waals surface area contributed by atoms with E-state index >= 15 is 0 Å². The number of nitrogens with zero attached hydrogens (tertiary/aromatic N) is 3. The van der Waals surface area contributed by atoms with Crippen LogP contribution in [0, 0.1) is 0 Å². The molecule has 1 fully saturated rings. The van der Waals surface area contributed by atoms with Crippen LogP contribution in [0.5, 0.6) is 0 Å². The van der Waals surface area contributed by atoms with E-state index in [4.69, 9.17) is 0 Å². The minimum Gasteiger partial charge on any atom is -0.337 e. The molecule has 2 aromatic heterocycles. The van der Waals surface area contributed by atoms with Crippen molar-refractivity contribution in [3.05, 3.63) is 72.2 Å². The molecule has 24 heavy (non-hydrogen) atoms. The number of rotatable bonds is 3. The molecule has 1 amide bonds. The topological polar surface area (TPSA) is 61.9 Å². The number of nitrogens with one attached hydrogen (secondary N) is 1. The normalized spacial score (nSPS) is 17.2. The van der Waals surface area contributed by atoms with E-state index in [0.717, 1.165) is 30.8 Å². The van der Waals surface area contributed by atoms with E-state index < -0.39 is 0 Å². The first-order valence-electron chi connectivity index (χ1n) is 8.11. The zero-order chi connectivity index (χ0) is 16.4. The van der Waals surface area contributed by atoms with Gasteiger partial charge >= 0.3 is 0 Å². The number of pyridine rings is 1. The van der Waals surface area contributed by atoms with Crippen LogP contribution in [-0.2, 0) is 0 Å². The molecule has 1 atom stereocenters. The van der Waals surface area contributed by atoms with Crippen LogP contribution in [0.1, 0.15) is 28.4 Å². The molecule has 1 N–H and O–H groups in total. The Morgan fingerprint density at radius 1 is 1.12 bits per heavy atom. The number of aromatic amines is 1. The Balaban J connectivity index is 1.48. The highest BCUT2D eigenvalue weighted by atomic mass is 16.2. The molecule has 0 bridgehead atoms. The number of H-pyrrole nitrogens is 1. The molecule has 3 aromatic rings. The van der Waals surface area contributed by atoms with Crippen LogP contribution in [0.15, 0.2) is 60.9 Å². The second-order valence-corrected chi connectivity index (χ2v) is 6.05. The van der Waals surface area contributed by atoms with Gasteiger partial charge in [-0.1, -0.05) is 30.3 Å². The number of hydrogen-bond donors (Lipinski definition) is 1. The minimum absolute atomic E-state index is 0.0150. The van der Waals surface area contributed by atoms with Crippen molar-refractivity contribution in [1.29, 1.82) is 0 Å². The van der Waals surface area contributed by atoms with Crippen LogP contribution in [0.25, 0.3) is 11.3 Å². The van der Waals surface area contributed by atoms with Crippen LogP contribution in [0.4, 0.5) is 0 Å². The van der Waals surface area contributed by atoms with Gasteiger partial charge in [-0.15, -0.1) is 0 Å². The molecule has 1 unspecified atom stereocenters. The first-order valence-corrected chi connectivity index (χ1v) is 8.11. The van der Waals surface area contributed by atoms with Gasteiger partial charge in [0.1, 0.15) is 5.69 Å². The molecule has 1 aliphatic rings. The van der Waals surface area contributed by atoms with E-state index in [0.29, 0.717) is 11.6 Å². The first kappa shape index (κ1) is 14.6. The number of amides is 1. The van der Waals surface area contributed by atoms with Crippen LogP contribution < -0.4 is 0 Å². The van der Waals surface area contributed by atoms with E-state index in [1.807, 2.05) is 29.2 Å². The van der Waals surface area contributed by atoms with E-state index in [1.165, 1.54) is 5.56 Å². The van der Waals surface area contributed by atoms with Gasteiger partial charge in [0.05, 0.1) is 5.69 Å². The fraction of sp³-hybridized carbons (Fsp3) is 0.211. The number of likely N-dealkylation sites (tertiary alicyclic amines) is 1. The summed E-state index contributed by atoms with van der Waals surface area (Å²) in [5.41, 5.74) is 3.55. The maximum atomic E-state index is 12.7. The molecule has 0 aliphatic carbocycles. The summed E-state index contributed by atoms with van der Waals surface area (Å²) in [6, 6.07) is 16.0. The van der Waals surface area contributed by atoms with Gasteiger partial charge in [-0.3, -0.25) is 14.9 Å². The van der Waals surface area contributed by atoms with Gasteiger partial charge in [0.2, 0.25) is 0 Å². The Bertz CT molecular complexity index is 829. The average molecular weight is 318 g/mol. The molecule has 0 radical (unpaired) electrons. The third-order valence-corrected chi connectivity index (χ3v) is 4.53. The summed E-state index contributed by atoms with van der Waals surface area (Å²) in [6.07, 6.45) is 4.44. The number of carbonyl (C=O) groups is 1. The summed E-state index contributed by atoms with van der Waals surface area (Å²) in [7, 11) is 0. The molecule has 0 spiro atoms. The van der Waals surface area contributed by atoms with Crippen molar-refractivity contribution >= 4 is 5.91 Å². The predicted molar refractivity (Wildman–Crippen MR) is 91.5 cm³/mol. The molecule has 1 saturated heterocycles. The highest BCUT2D eigenvalue weighted by molar-refractivity contribution is 5.93. The summed E-state index contributed by atoms with van der Waals surface area (Å²) in [4.78, 5) is 18.6. The first-order chi connectivity index (χ1) is 11.8. The summed E-state index contributed by atoms with van der Waals surface area (Å²) in [5.74, 6) is 0.430. The Morgan fingerprint density at radius 2 is 1.92 bits per heavy atom. The molecule has 0 saturated carbocycles. The molecule has 4 rings (SSSR count). The molecule has 1 aromatic carbocycles. The second-order valence-electron chi connectivity index (χ2n) is 6.05. The Kier molecular flexibility index (Phi) is 3.83. The minimum atomic E-state index is 0.0150. The van der Waals surface area contributed by atoms with E-state index in [1.54, 1.807) is 12.4 Å². The monoisotopic (exact) mass is 318 g/mol. The standard InChI is InChI=1S/C19H18N4O/c24-19(18-12-17(21-22-18)15-6-9-20-10-7-15)23-11-8-16(13-23)14-4-2-1-3-5-14/h1-7,9-10,12,16H,8,11,13H2,(H,21,22). The molecular weight excluding hydrogens is 300 g/mol. The number of carbonyl (C=O) groups excluding carboxylic acids is 1. The van der Waals surface area contributed by atoms with Crippen LogP contribution in [0.2, 0.25) is 0 Å². The quantitative estimate of drug-likeness (QED) is 0.807. The molecule has 5 nitrogen and oxygen atoms in total. The summed E-state index contributed by atoms with van der Waals surface area (Å²) in [5, 5.41) is 7.13. The van der Waals surface area contributed by atoms with Crippen molar-refractivity contribution in [1.82, 2.24) is 20.1 Å². The van der Waals surface area contributed by atoms with Gasteiger partial charge in [-0.2, -0.15) is 5.10 Å². The lowest BCUT2D eigenvalue weighted by Gasteiger charge is -2.15. The summed E-state index contributed by atoms with van der Waals surface area (Å²) >= 11 is 0.